The summed E-state index contributed by atoms with van der Waals surface area (Å²) in [4.78, 5) is 0.324. The van der Waals surface area contributed by atoms with Crippen molar-refractivity contribution in [2.75, 3.05) is 6.54 Å². The Labute approximate surface area is 145 Å². The fourth-order valence-electron chi connectivity index (χ4n) is 2.13. The van der Waals surface area contributed by atoms with Crippen molar-refractivity contribution in [1.82, 2.24) is 4.31 Å². The molecule has 1 aromatic rings. The highest BCUT2D eigenvalue weighted by Crippen LogP contribution is 2.31. The fraction of sp³-hybridized carbons (Fsp3) is 0.600. The van der Waals surface area contributed by atoms with Gasteiger partial charge in [-0.25, -0.2) is 8.42 Å². The molecule has 0 bridgehead atoms. The number of hydrogen-bond donors (Lipinski definition) is 0. The highest BCUT2D eigenvalue weighted by Gasteiger charge is 2.28. The van der Waals surface area contributed by atoms with Crippen molar-refractivity contribution in [3.63, 3.8) is 0 Å². The first-order valence-corrected chi connectivity index (χ1v) is 10.2. The number of nitrogens with zero attached hydrogens (tertiary/aromatic N) is 1. The number of halogens is 2. The molecule has 0 amide bonds. The zero-order valence-electron chi connectivity index (χ0n) is 13.0. The molecule has 1 rings (SSSR count). The lowest BCUT2D eigenvalue weighted by molar-refractivity contribution is 0.345. The minimum Gasteiger partial charge on any atom is -0.207 e. The molecule has 3 nitrogen and oxygen atoms in total. The van der Waals surface area contributed by atoms with Crippen LogP contribution in [0, 0.1) is 6.92 Å². The number of hydrogen-bond acceptors (Lipinski definition) is 2. The minimum atomic E-state index is -3.49. The van der Waals surface area contributed by atoms with Crippen LogP contribution >= 0.6 is 31.9 Å². The summed E-state index contributed by atoms with van der Waals surface area (Å²) in [6.07, 6.45) is 3.00. The van der Waals surface area contributed by atoms with Gasteiger partial charge in [-0.3, -0.25) is 0 Å². The van der Waals surface area contributed by atoms with Crippen molar-refractivity contribution in [1.29, 1.82) is 0 Å². The maximum atomic E-state index is 12.9. The highest BCUT2D eigenvalue weighted by atomic mass is 79.9. The van der Waals surface area contributed by atoms with E-state index in [0.29, 0.717) is 15.9 Å². The van der Waals surface area contributed by atoms with E-state index in [1.165, 1.54) is 0 Å². The van der Waals surface area contributed by atoms with Gasteiger partial charge in [-0.15, -0.1) is 0 Å². The van der Waals surface area contributed by atoms with E-state index in [1.54, 1.807) is 10.4 Å². The Morgan fingerprint density at radius 2 is 1.76 bits per heavy atom. The van der Waals surface area contributed by atoms with Crippen LogP contribution in [0.5, 0.6) is 0 Å². The molecule has 6 heteroatoms. The van der Waals surface area contributed by atoms with Gasteiger partial charge in [0, 0.05) is 21.5 Å². The van der Waals surface area contributed by atoms with Crippen LogP contribution in [0.2, 0.25) is 0 Å². The molecule has 0 fully saturated rings. The first-order valence-electron chi connectivity index (χ1n) is 7.19. The molecular formula is C15H23Br2NO2S. The third-order valence-electron chi connectivity index (χ3n) is 3.36. The van der Waals surface area contributed by atoms with E-state index in [4.69, 9.17) is 0 Å². The highest BCUT2D eigenvalue weighted by molar-refractivity contribution is 9.11. The molecule has 0 saturated carbocycles. The van der Waals surface area contributed by atoms with Gasteiger partial charge in [0.2, 0.25) is 10.0 Å². The van der Waals surface area contributed by atoms with Gasteiger partial charge in [-0.2, -0.15) is 4.31 Å². The van der Waals surface area contributed by atoms with E-state index in [9.17, 15) is 8.42 Å². The maximum absolute atomic E-state index is 12.9. The molecule has 120 valence electrons. The molecule has 0 saturated heterocycles. The Morgan fingerprint density at radius 3 is 2.29 bits per heavy atom. The van der Waals surface area contributed by atoms with Crippen LogP contribution in [0.4, 0.5) is 0 Å². The number of sulfonamides is 1. The topological polar surface area (TPSA) is 37.4 Å². The summed E-state index contributed by atoms with van der Waals surface area (Å²) in [5.74, 6) is 0. The molecule has 0 spiro atoms. The maximum Gasteiger partial charge on any atom is 0.244 e. The van der Waals surface area contributed by atoms with Gasteiger partial charge in [0.1, 0.15) is 0 Å². The Kier molecular flexibility index (Phi) is 7.37. The molecule has 0 aromatic heterocycles. The third-order valence-corrected chi connectivity index (χ3v) is 7.25. The lowest BCUT2D eigenvalue weighted by Crippen LogP contribution is -2.37. The molecule has 21 heavy (non-hydrogen) atoms. The van der Waals surface area contributed by atoms with Crippen LogP contribution in [0.15, 0.2) is 26.0 Å². The molecule has 0 aliphatic heterocycles. The monoisotopic (exact) mass is 439 g/mol. The fourth-order valence-corrected chi connectivity index (χ4v) is 5.44. The number of unbranched alkanes of at least 4 members (excludes halogenated alkanes) is 2. The second-order valence-electron chi connectivity index (χ2n) is 5.45. The van der Waals surface area contributed by atoms with Gasteiger partial charge in [0.05, 0.1) is 4.90 Å². The minimum absolute atomic E-state index is 0.0566. The summed E-state index contributed by atoms with van der Waals surface area (Å²) in [7, 11) is -3.49. The van der Waals surface area contributed by atoms with Gasteiger partial charge < -0.3 is 0 Å². The van der Waals surface area contributed by atoms with Crippen molar-refractivity contribution < 1.29 is 8.42 Å². The number of benzene rings is 1. The molecule has 0 N–H and O–H groups in total. The van der Waals surface area contributed by atoms with Gasteiger partial charge >= 0.3 is 0 Å². The van der Waals surface area contributed by atoms with Crippen molar-refractivity contribution in [2.24, 2.45) is 0 Å². The molecule has 0 heterocycles. The third kappa shape index (κ3) is 4.78. The van der Waals surface area contributed by atoms with E-state index >= 15 is 0 Å². The molecule has 0 unspecified atom stereocenters. The van der Waals surface area contributed by atoms with Crippen LogP contribution in [-0.2, 0) is 10.0 Å². The smallest absolute Gasteiger partial charge is 0.207 e. The van der Waals surface area contributed by atoms with Crippen molar-refractivity contribution in [3.8, 4) is 0 Å². The standard InChI is InChI=1S/C15H23Br2NO2S/c1-5-6-7-8-18(11(2)3)21(19,20)15-10-13(16)12(4)9-14(15)17/h9-11H,5-8H2,1-4H3. The first-order chi connectivity index (χ1) is 9.71. The summed E-state index contributed by atoms with van der Waals surface area (Å²) < 4.78 is 28.9. The molecule has 1 aromatic carbocycles. The van der Waals surface area contributed by atoms with E-state index in [1.807, 2.05) is 26.8 Å². The lowest BCUT2D eigenvalue weighted by atomic mass is 10.2. The van der Waals surface area contributed by atoms with Gasteiger partial charge in [-0.05, 0) is 60.8 Å². The Balaban J connectivity index is 3.20. The number of aryl methyl sites for hydroxylation is 1. The summed E-state index contributed by atoms with van der Waals surface area (Å²) in [5.41, 5.74) is 1.00. The predicted molar refractivity (Wildman–Crippen MR) is 95.1 cm³/mol. The summed E-state index contributed by atoms with van der Waals surface area (Å²) in [5, 5.41) is 0. The summed E-state index contributed by atoms with van der Waals surface area (Å²) >= 11 is 6.81. The van der Waals surface area contributed by atoms with Gasteiger partial charge in [-0.1, -0.05) is 35.7 Å². The molecule has 0 aliphatic rings. The van der Waals surface area contributed by atoms with Gasteiger partial charge in [0.15, 0.2) is 0 Å². The Morgan fingerprint density at radius 1 is 1.14 bits per heavy atom. The zero-order valence-corrected chi connectivity index (χ0v) is 17.0. The SMILES string of the molecule is CCCCCN(C(C)C)S(=O)(=O)c1cc(Br)c(C)cc1Br. The van der Waals surface area contributed by atoms with Crippen molar-refractivity contribution >= 4 is 41.9 Å². The molecule has 0 radical (unpaired) electrons. The van der Waals surface area contributed by atoms with Crippen LogP contribution in [0.3, 0.4) is 0 Å². The van der Waals surface area contributed by atoms with Crippen molar-refractivity contribution in [3.05, 3.63) is 26.6 Å². The first kappa shape index (κ1) is 19.1. The summed E-state index contributed by atoms with van der Waals surface area (Å²) in [6.45, 7) is 8.45. The zero-order chi connectivity index (χ0) is 16.2. The predicted octanol–water partition coefficient (Wildman–Crippen LogP) is 5.11. The number of rotatable bonds is 7. The van der Waals surface area contributed by atoms with E-state index in [0.717, 1.165) is 29.3 Å². The largest absolute Gasteiger partial charge is 0.244 e. The van der Waals surface area contributed by atoms with E-state index in [-0.39, 0.29) is 6.04 Å². The lowest BCUT2D eigenvalue weighted by Gasteiger charge is -2.26. The van der Waals surface area contributed by atoms with Crippen LogP contribution < -0.4 is 0 Å². The molecular weight excluding hydrogens is 418 g/mol. The van der Waals surface area contributed by atoms with Crippen LogP contribution in [-0.4, -0.2) is 25.3 Å². The van der Waals surface area contributed by atoms with Gasteiger partial charge in [0.25, 0.3) is 0 Å². The van der Waals surface area contributed by atoms with Crippen LogP contribution in [0.25, 0.3) is 0 Å². The Bertz CT molecular complexity index is 586. The normalized spacial score (nSPS) is 12.4. The summed E-state index contributed by atoms with van der Waals surface area (Å²) in [6, 6.07) is 3.46. The van der Waals surface area contributed by atoms with Crippen LogP contribution in [0.1, 0.15) is 45.6 Å². The van der Waals surface area contributed by atoms with Crippen molar-refractivity contribution in [2.45, 2.75) is 57.9 Å². The second kappa shape index (κ2) is 8.09. The van der Waals surface area contributed by atoms with E-state index in [2.05, 4.69) is 38.8 Å². The van der Waals surface area contributed by atoms with E-state index < -0.39 is 10.0 Å². The average Bonchev–Trinajstić information content (AvgIpc) is 2.38. The quantitative estimate of drug-likeness (QED) is 0.552. The molecule has 0 aliphatic carbocycles. The average molecular weight is 441 g/mol. The Hall–Kier alpha value is 0.0900. The molecule has 0 atom stereocenters. The second-order valence-corrected chi connectivity index (χ2v) is 9.02.